The Morgan fingerprint density at radius 2 is 2.06 bits per heavy atom. The van der Waals surface area contributed by atoms with Crippen LogP contribution in [0.1, 0.15) is 22.8 Å². The fraction of sp³-hybridized carbons (Fsp3) is 0.333. The van der Waals surface area contributed by atoms with Crippen molar-refractivity contribution >= 4 is 39.3 Å². The lowest BCUT2D eigenvalue weighted by Gasteiger charge is -2.12. The van der Waals surface area contributed by atoms with Gasteiger partial charge in [0.05, 0.1) is 5.33 Å². The standard InChI is InChI=1S/C12H12BrClO4/c13-5-9(15)3-7-1-2-8(6-14)10(4-7)11(16)12(17)18/h1-2,4,11,16H,3,5-6H2,(H,17,18). The van der Waals surface area contributed by atoms with Gasteiger partial charge in [-0.25, -0.2) is 4.79 Å². The van der Waals surface area contributed by atoms with E-state index in [9.17, 15) is 14.7 Å². The number of carbonyl (C=O) groups excluding carboxylic acids is 1. The smallest absolute Gasteiger partial charge is 0.337 e. The summed E-state index contributed by atoms with van der Waals surface area (Å²) in [5, 5.41) is 18.6. The summed E-state index contributed by atoms with van der Waals surface area (Å²) in [5.74, 6) is -1.26. The van der Waals surface area contributed by atoms with Crippen LogP contribution in [0.3, 0.4) is 0 Å². The molecule has 4 nitrogen and oxygen atoms in total. The summed E-state index contributed by atoms with van der Waals surface area (Å²) < 4.78 is 0. The summed E-state index contributed by atoms with van der Waals surface area (Å²) in [7, 11) is 0. The van der Waals surface area contributed by atoms with Gasteiger partial charge < -0.3 is 10.2 Å². The number of benzene rings is 1. The van der Waals surface area contributed by atoms with Gasteiger partial charge in [-0.2, -0.15) is 0 Å². The maximum atomic E-state index is 11.3. The summed E-state index contributed by atoms with van der Waals surface area (Å²) >= 11 is 8.74. The second-order valence-corrected chi connectivity index (χ2v) is 4.58. The van der Waals surface area contributed by atoms with E-state index in [1.165, 1.54) is 6.07 Å². The Hall–Kier alpha value is -0.910. The summed E-state index contributed by atoms with van der Waals surface area (Å²) in [4.78, 5) is 22.1. The van der Waals surface area contributed by atoms with E-state index in [1.807, 2.05) is 0 Å². The zero-order chi connectivity index (χ0) is 13.7. The van der Waals surface area contributed by atoms with Gasteiger partial charge in [0.1, 0.15) is 5.78 Å². The number of hydrogen-bond donors (Lipinski definition) is 2. The Morgan fingerprint density at radius 1 is 1.39 bits per heavy atom. The molecular formula is C12H12BrClO4. The molecule has 1 aromatic rings. The van der Waals surface area contributed by atoms with Gasteiger partial charge in [0, 0.05) is 12.3 Å². The molecule has 0 bridgehead atoms. The molecular weight excluding hydrogens is 323 g/mol. The number of halogens is 2. The zero-order valence-corrected chi connectivity index (χ0v) is 11.7. The number of aliphatic carboxylic acids is 1. The fourth-order valence-corrected chi connectivity index (χ4v) is 1.98. The van der Waals surface area contributed by atoms with Crippen LogP contribution in [0.5, 0.6) is 0 Å². The molecule has 1 atom stereocenters. The number of aliphatic hydroxyl groups excluding tert-OH is 1. The van der Waals surface area contributed by atoms with E-state index >= 15 is 0 Å². The quantitative estimate of drug-likeness (QED) is 0.780. The topological polar surface area (TPSA) is 74.6 Å². The molecule has 0 aliphatic rings. The first kappa shape index (κ1) is 15.1. The van der Waals surface area contributed by atoms with Gasteiger partial charge in [-0.1, -0.05) is 34.1 Å². The minimum Gasteiger partial charge on any atom is -0.479 e. The van der Waals surface area contributed by atoms with Crippen molar-refractivity contribution in [3.05, 3.63) is 34.9 Å². The van der Waals surface area contributed by atoms with Gasteiger partial charge in [-0.3, -0.25) is 4.79 Å². The van der Waals surface area contributed by atoms with Crippen molar-refractivity contribution in [3.8, 4) is 0 Å². The first-order valence-electron chi connectivity index (χ1n) is 5.15. The molecule has 18 heavy (non-hydrogen) atoms. The lowest BCUT2D eigenvalue weighted by molar-refractivity contribution is -0.147. The maximum absolute atomic E-state index is 11.3. The SMILES string of the molecule is O=C(CBr)Cc1ccc(CCl)c(C(O)C(=O)O)c1. The Morgan fingerprint density at radius 3 is 2.56 bits per heavy atom. The zero-order valence-electron chi connectivity index (χ0n) is 9.40. The molecule has 0 radical (unpaired) electrons. The molecule has 98 valence electrons. The van der Waals surface area contributed by atoms with Gasteiger partial charge in [-0.05, 0) is 16.7 Å². The predicted octanol–water partition coefficient (Wildman–Crippen LogP) is 2.05. The molecule has 0 aliphatic heterocycles. The lowest BCUT2D eigenvalue weighted by atomic mass is 9.98. The highest BCUT2D eigenvalue weighted by Crippen LogP contribution is 2.22. The Labute approximate surface area is 118 Å². The number of hydrogen-bond acceptors (Lipinski definition) is 3. The first-order valence-corrected chi connectivity index (χ1v) is 6.81. The van der Waals surface area contributed by atoms with E-state index in [1.54, 1.807) is 12.1 Å². The van der Waals surface area contributed by atoms with Crippen LogP contribution in [0.15, 0.2) is 18.2 Å². The molecule has 0 saturated heterocycles. The molecule has 1 aromatic carbocycles. The average molecular weight is 336 g/mol. The summed E-state index contributed by atoms with van der Waals surface area (Å²) in [6.07, 6.45) is -1.44. The number of carboxylic acids is 1. The van der Waals surface area contributed by atoms with Crippen LogP contribution in [0.25, 0.3) is 0 Å². The second-order valence-electron chi connectivity index (χ2n) is 3.76. The predicted molar refractivity (Wildman–Crippen MR) is 71.1 cm³/mol. The number of Topliss-reactive ketones (excluding diaryl/α,β-unsaturated/α-hetero) is 1. The van der Waals surface area contributed by atoms with Crippen molar-refractivity contribution in [3.63, 3.8) is 0 Å². The van der Waals surface area contributed by atoms with Crippen LogP contribution >= 0.6 is 27.5 Å². The van der Waals surface area contributed by atoms with Crippen LogP contribution < -0.4 is 0 Å². The van der Waals surface area contributed by atoms with Crippen LogP contribution in [-0.4, -0.2) is 27.3 Å². The van der Waals surface area contributed by atoms with Crippen LogP contribution in [0, 0.1) is 0 Å². The molecule has 0 amide bonds. The second kappa shape index (κ2) is 6.87. The molecule has 6 heteroatoms. The minimum absolute atomic E-state index is 0.0237. The Kier molecular flexibility index (Phi) is 5.78. The number of aliphatic hydroxyl groups is 1. The molecule has 0 saturated carbocycles. The van der Waals surface area contributed by atoms with E-state index in [4.69, 9.17) is 16.7 Å². The minimum atomic E-state index is -1.63. The van der Waals surface area contributed by atoms with E-state index in [-0.39, 0.29) is 29.0 Å². The third kappa shape index (κ3) is 3.80. The van der Waals surface area contributed by atoms with Gasteiger partial charge in [-0.15, -0.1) is 11.6 Å². The largest absolute Gasteiger partial charge is 0.479 e. The summed E-state index contributed by atoms with van der Waals surface area (Å²) in [5.41, 5.74) is 1.43. The first-order chi connectivity index (χ1) is 8.49. The Balaban J connectivity index is 3.09. The third-order valence-electron chi connectivity index (χ3n) is 2.43. The van der Waals surface area contributed by atoms with Crippen molar-refractivity contribution in [2.75, 3.05) is 5.33 Å². The van der Waals surface area contributed by atoms with E-state index in [0.717, 1.165) is 0 Å². The average Bonchev–Trinajstić information content (AvgIpc) is 2.37. The summed E-state index contributed by atoms with van der Waals surface area (Å²) in [6, 6.07) is 4.85. The number of carbonyl (C=O) groups is 2. The highest BCUT2D eigenvalue weighted by atomic mass is 79.9. The van der Waals surface area contributed by atoms with Gasteiger partial charge >= 0.3 is 5.97 Å². The monoisotopic (exact) mass is 334 g/mol. The van der Waals surface area contributed by atoms with Gasteiger partial charge in [0.2, 0.25) is 0 Å². The number of rotatable bonds is 6. The lowest BCUT2D eigenvalue weighted by Crippen LogP contribution is -2.13. The summed E-state index contributed by atoms with van der Waals surface area (Å²) in [6.45, 7) is 0. The molecule has 2 N–H and O–H groups in total. The number of carboxylic acid groups (broad SMARTS) is 1. The number of ketones is 1. The van der Waals surface area contributed by atoms with Crippen LogP contribution in [0.2, 0.25) is 0 Å². The van der Waals surface area contributed by atoms with Gasteiger partial charge in [0.15, 0.2) is 6.10 Å². The highest BCUT2D eigenvalue weighted by molar-refractivity contribution is 9.09. The van der Waals surface area contributed by atoms with Gasteiger partial charge in [0.25, 0.3) is 0 Å². The van der Waals surface area contributed by atoms with E-state index in [0.29, 0.717) is 11.1 Å². The normalized spacial score (nSPS) is 12.2. The third-order valence-corrected chi connectivity index (χ3v) is 3.35. The fourth-order valence-electron chi connectivity index (χ4n) is 1.54. The molecule has 1 unspecified atom stereocenters. The van der Waals surface area contributed by atoms with Crippen molar-refractivity contribution in [2.24, 2.45) is 0 Å². The van der Waals surface area contributed by atoms with Crippen LogP contribution in [-0.2, 0) is 21.9 Å². The molecule has 0 spiro atoms. The Bertz CT molecular complexity index is 461. The molecule has 0 heterocycles. The highest BCUT2D eigenvalue weighted by Gasteiger charge is 2.20. The van der Waals surface area contributed by atoms with Crippen molar-refractivity contribution < 1.29 is 19.8 Å². The van der Waals surface area contributed by atoms with E-state index < -0.39 is 12.1 Å². The number of alkyl halides is 2. The molecule has 0 aliphatic carbocycles. The van der Waals surface area contributed by atoms with Crippen molar-refractivity contribution in [1.29, 1.82) is 0 Å². The van der Waals surface area contributed by atoms with Crippen molar-refractivity contribution in [1.82, 2.24) is 0 Å². The van der Waals surface area contributed by atoms with E-state index in [2.05, 4.69) is 15.9 Å². The van der Waals surface area contributed by atoms with Crippen LogP contribution in [0.4, 0.5) is 0 Å². The van der Waals surface area contributed by atoms with Crippen molar-refractivity contribution in [2.45, 2.75) is 18.4 Å². The molecule has 0 aromatic heterocycles. The molecule has 1 rings (SSSR count). The molecule has 0 fully saturated rings. The maximum Gasteiger partial charge on any atom is 0.337 e.